The van der Waals surface area contributed by atoms with E-state index in [9.17, 15) is 4.79 Å². The van der Waals surface area contributed by atoms with E-state index in [4.69, 9.17) is 12.2 Å². The standard InChI is InChI=1S/C9H9N3OS2/c1-2-12-6(3-4-10-12)5-7-8(13)11-9(14)15-7/h3-5H,2H2,1H3,(H,11,13,14)/b7-5-. The third-order valence-corrected chi connectivity index (χ3v) is 3.13. The lowest BCUT2D eigenvalue weighted by molar-refractivity contribution is -0.115. The first-order valence-corrected chi connectivity index (χ1v) is 5.70. The molecule has 0 atom stereocenters. The second kappa shape index (κ2) is 4.16. The van der Waals surface area contributed by atoms with Crippen molar-refractivity contribution in [3.63, 3.8) is 0 Å². The highest BCUT2D eigenvalue weighted by atomic mass is 32.2. The number of carbonyl (C=O) groups is 1. The van der Waals surface area contributed by atoms with Crippen molar-refractivity contribution >= 4 is 40.3 Å². The Morgan fingerprint density at radius 2 is 2.53 bits per heavy atom. The molecule has 2 rings (SSSR count). The van der Waals surface area contributed by atoms with Crippen LogP contribution in [0.25, 0.3) is 6.08 Å². The molecule has 6 heteroatoms. The van der Waals surface area contributed by atoms with Crippen LogP contribution in [0.5, 0.6) is 0 Å². The maximum Gasteiger partial charge on any atom is 0.263 e. The summed E-state index contributed by atoms with van der Waals surface area (Å²) in [4.78, 5) is 12.0. The molecule has 0 aliphatic carbocycles. The van der Waals surface area contributed by atoms with E-state index < -0.39 is 0 Å². The molecule has 0 radical (unpaired) electrons. The van der Waals surface area contributed by atoms with Gasteiger partial charge in [-0.2, -0.15) is 5.10 Å². The summed E-state index contributed by atoms with van der Waals surface area (Å²) in [5, 5.41) is 6.69. The summed E-state index contributed by atoms with van der Waals surface area (Å²) in [5.74, 6) is -0.131. The Bertz CT molecular complexity index is 450. The minimum absolute atomic E-state index is 0.131. The van der Waals surface area contributed by atoms with Gasteiger partial charge >= 0.3 is 0 Å². The second-order valence-electron chi connectivity index (χ2n) is 2.92. The van der Waals surface area contributed by atoms with Gasteiger partial charge in [-0.1, -0.05) is 24.0 Å². The Kier molecular flexibility index (Phi) is 2.88. The van der Waals surface area contributed by atoms with Gasteiger partial charge in [-0.05, 0) is 19.1 Å². The van der Waals surface area contributed by atoms with E-state index in [0.717, 1.165) is 12.2 Å². The number of aromatic nitrogens is 2. The second-order valence-corrected chi connectivity index (χ2v) is 4.64. The van der Waals surface area contributed by atoms with Gasteiger partial charge in [0.15, 0.2) is 0 Å². The fraction of sp³-hybridized carbons (Fsp3) is 0.222. The summed E-state index contributed by atoms with van der Waals surface area (Å²) in [6.45, 7) is 2.78. The highest BCUT2D eigenvalue weighted by Crippen LogP contribution is 2.25. The third kappa shape index (κ3) is 2.10. The zero-order valence-corrected chi connectivity index (χ0v) is 9.69. The molecule has 1 N–H and O–H groups in total. The SMILES string of the molecule is CCn1nccc1/C=C1\SC(=S)NC1=O. The number of nitrogens with zero attached hydrogens (tertiary/aromatic N) is 2. The monoisotopic (exact) mass is 239 g/mol. The molecule has 0 unspecified atom stereocenters. The number of aryl methyl sites for hydroxylation is 1. The van der Waals surface area contributed by atoms with Crippen LogP contribution >= 0.6 is 24.0 Å². The molecule has 1 amide bonds. The molecule has 78 valence electrons. The first-order valence-electron chi connectivity index (χ1n) is 4.47. The summed E-state index contributed by atoms with van der Waals surface area (Å²) < 4.78 is 2.33. The maximum atomic E-state index is 11.4. The highest BCUT2D eigenvalue weighted by Gasteiger charge is 2.22. The van der Waals surface area contributed by atoms with Crippen LogP contribution in [0.15, 0.2) is 17.2 Å². The summed E-state index contributed by atoms with van der Waals surface area (Å²) in [6.07, 6.45) is 3.52. The molecule has 0 saturated carbocycles. The van der Waals surface area contributed by atoms with Crippen molar-refractivity contribution in [3.8, 4) is 0 Å². The fourth-order valence-electron chi connectivity index (χ4n) is 1.29. The molecular formula is C9H9N3OS2. The summed E-state index contributed by atoms with van der Waals surface area (Å²) >= 11 is 6.18. The lowest BCUT2D eigenvalue weighted by Gasteiger charge is -1.99. The predicted octanol–water partition coefficient (Wildman–Crippen LogP) is 1.39. The zero-order valence-electron chi connectivity index (χ0n) is 8.06. The van der Waals surface area contributed by atoms with Crippen molar-refractivity contribution in [1.29, 1.82) is 0 Å². The molecule has 1 saturated heterocycles. The van der Waals surface area contributed by atoms with E-state index in [1.807, 2.05) is 17.7 Å². The molecular weight excluding hydrogens is 230 g/mol. The Morgan fingerprint density at radius 1 is 1.73 bits per heavy atom. The van der Waals surface area contributed by atoms with Crippen molar-refractivity contribution in [2.24, 2.45) is 0 Å². The van der Waals surface area contributed by atoms with Crippen LogP contribution in [0.1, 0.15) is 12.6 Å². The van der Waals surface area contributed by atoms with Gasteiger partial charge in [-0.3, -0.25) is 9.48 Å². The minimum Gasteiger partial charge on any atom is -0.307 e. The number of hydrogen-bond donors (Lipinski definition) is 1. The molecule has 15 heavy (non-hydrogen) atoms. The van der Waals surface area contributed by atoms with Gasteiger partial charge in [0.05, 0.1) is 10.6 Å². The van der Waals surface area contributed by atoms with E-state index in [0.29, 0.717) is 9.23 Å². The van der Waals surface area contributed by atoms with Gasteiger partial charge < -0.3 is 5.32 Å². The molecule has 1 aromatic rings. The van der Waals surface area contributed by atoms with Gasteiger partial charge in [0, 0.05) is 12.7 Å². The number of amides is 1. The van der Waals surface area contributed by atoms with Crippen LogP contribution in [0.2, 0.25) is 0 Å². The summed E-state index contributed by atoms with van der Waals surface area (Å²) in [6, 6.07) is 1.87. The van der Waals surface area contributed by atoms with Crippen LogP contribution in [-0.2, 0) is 11.3 Å². The van der Waals surface area contributed by atoms with Crippen molar-refractivity contribution in [3.05, 3.63) is 22.9 Å². The van der Waals surface area contributed by atoms with Gasteiger partial charge in [0.1, 0.15) is 4.32 Å². The summed E-state index contributed by atoms with van der Waals surface area (Å²) in [7, 11) is 0. The molecule has 4 nitrogen and oxygen atoms in total. The molecule has 0 spiro atoms. The van der Waals surface area contributed by atoms with E-state index in [1.54, 1.807) is 12.3 Å². The third-order valence-electron chi connectivity index (χ3n) is 1.97. The molecule has 1 aliphatic rings. The van der Waals surface area contributed by atoms with Gasteiger partial charge in [0.25, 0.3) is 5.91 Å². The minimum atomic E-state index is -0.131. The zero-order chi connectivity index (χ0) is 10.8. The molecule has 1 aliphatic heterocycles. The lowest BCUT2D eigenvalue weighted by Crippen LogP contribution is -2.17. The van der Waals surface area contributed by atoms with E-state index in [-0.39, 0.29) is 5.91 Å². The maximum absolute atomic E-state index is 11.4. The highest BCUT2D eigenvalue weighted by molar-refractivity contribution is 8.26. The molecule has 0 bridgehead atoms. The lowest BCUT2D eigenvalue weighted by atomic mass is 10.3. The van der Waals surface area contributed by atoms with Crippen LogP contribution < -0.4 is 5.32 Å². The van der Waals surface area contributed by atoms with E-state index in [2.05, 4.69) is 10.4 Å². The quantitative estimate of drug-likeness (QED) is 0.626. The number of thiocarbonyl (C=S) groups is 1. The van der Waals surface area contributed by atoms with Crippen molar-refractivity contribution < 1.29 is 4.79 Å². The smallest absolute Gasteiger partial charge is 0.263 e. The van der Waals surface area contributed by atoms with E-state index in [1.165, 1.54) is 11.8 Å². The van der Waals surface area contributed by atoms with E-state index >= 15 is 0 Å². The van der Waals surface area contributed by atoms with Crippen molar-refractivity contribution in [2.45, 2.75) is 13.5 Å². The largest absolute Gasteiger partial charge is 0.307 e. The van der Waals surface area contributed by atoms with Crippen molar-refractivity contribution in [2.75, 3.05) is 0 Å². The average molecular weight is 239 g/mol. The first kappa shape index (κ1) is 10.4. The normalized spacial score (nSPS) is 18.6. The van der Waals surface area contributed by atoms with Gasteiger partial charge in [0.2, 0.25) is 0 Å². The fourth-order valence-corrected chi connectivity index (χ4v) is 2.31. The van der Waals surface area contributed by atoms with Gasteiger partial charge in [-0.15, -0.1) is 0 Å². The first-order chi connectivity index (χ1) is 7.20. The number of hydrogen-bond acceptors (Lipinski definition) is 4. The number of carbonyl (C=O) groups excluding carboxylic acids is 1. The van der Waals surface area contributed by atoms with Crippen LogP contribution in [0.3, 0.4) is 0 Å². The Morgan fingerprint density at radius 3 is 3.13 bits per heavy atom. The molecule has 2 heterocycles. The average Bonchev–Trinajstić information content (AvgIpc) is 2.74. The number of rotatable bonds is 2. The predicted molar refractivity (Wildman–Crippen MR) is 64.2 cm³/mol. The Labute approximate surface area is 96.7 Å². The van der Waals surface area contributed by atoms with Crippen LogP contribution in [0, 0.1) is 0 Å². The topological polar surface area (TPSA) is 46.9 Å². The Balaban J connectivity index is 2.30. The number of nitrogens with one attached hydrogen (secondary N) is 1. The summed E-state index contributed by atoms with van der Waals surface area (Å²) in [5.41, 5.74) is 0.917. The van der Waals surface area contributed by atoms with Crippen LogP contribution in [0.4, 0.5) is 0 Å². The molecule has 0 aromatic carbocycles. The molecule has 1 aromatic heterocycles. The van der Waals surface area contributed by atoms with Gasteiger partial charge in [-0.25, -0.2) is 0 Å². The molecule has 1 fully saturated rings. The Hall–Kier alpha value is -1.14. The number of thioether (sulfide) groups is 1. The van der Waals surface area contributed by atoms with Crippen molar-refractivity contribution in [1.82, 2.24) is 15.1 Å². The van der Waals surface area contributed by atoms with Crippen LogP contribution in [-0.4, -0.2) is 20.0 Å².